The van der Waals surface area contributed by atoms with Gasteiger partial charge in [0, 0.05) is 62.0 Å². The van der Waals surface area contributed by atoms with Gasteiger partial charge in [-0.25, -0.2) is 17.3 Å². The van der Waals surface area contributed by atoms with Crippen LogP contribution in [0.3, 0.4) is 0 Å². The summed E-state index contributed by atoms with van der Waals surface area (Å²) in [4.78, 5) is 29.4. The van der Waals surface area contributed by atoms with Gasteiger partial charge in [0.1, 0.15) is 22.6 Å². The van der Waals surface area contributed by atoms with Gasteiger partial charge >= 0.3 is 0 Å². The summed E-state index contributed by atoms with van der Waals surface area (Å²) < 4.78 is 54.4. The number of aliphatic hydroxyl groups excluding tert-OH is 1. The van der Waals surface area contributed by atoms with E-state index in [0.29, 0.717) is 53.7 Å². The molecule has 13 heteroatoms. The van der Waals surface area contributed by atoms with E-state index in [0.717, 1.165) is 31.0 Å². The summed E-state index contributed by atoms with van der Waals surface area (Å²) in [6.07, 6.45) is 0.215. The van der Waals surface area contributed by atoms with E-state index in [1.165, 1.54) is 20.3 Å². The van der Waals surface area contributed by atoms with Crippen molar-refractivity contribution < 1.29 is 37.2 Å². The molecule has 0 bridgehead atoms. The molecule has 2 amide bonds. The number of amides is 2. The fourth-order valence-corrected chi connectivity index (χ4v) is 7.29. The monoisotopic (exact) mass is 700 g/mol. The SMILES string of the molecule is CCCN(CCC)C(=O)c1cc(C)cc(C(=O)N[C@@H](Cc2cc(F)cc(F)c2)[C@H](O)[C@H]2CN(S(=O)c3ccc(OC)c(OC)c3)CCN2)c1. The molecule has 1 aliphatic heterocycles. The topological polar surface area (TPSA) is 120 Å². The highest BCUT2D eigenvalue weighted by Crippen LogP contribution is 2.30. The number of piperazine rings is 1. The molecule has 3 aromatic rings. The van der Waals surface area contributed by atoms with Gasteiger partial charge in [0.25, 0.3) is 11.8 Å². The Morgan fingerprint density at radius 3 is 2.29 bits per heavy atom. The first kappa shape index (κ1) is 37.9. The molecule has 1 unspecified atom stereocenters. The molecule has 266 valence electrons. The largest absolute Gasteiger partial charge is 0.493 e. The van der Waals surface area contributed by atoms with Crippen LogP contribution in [0.25, 0.3) is 0 Å². The molecule has 0 spiro atoms. The lowest BCUT2D eigenvalue weighted by Crippen LogP contribution is -2.61. The molecule has 3 N–H and O–H groups in total. The van der Waals surface area contributed by atoms with E-state index < -0.39 is 46.7 Å². The van der Waals surface area contributed by atoms with Crippen molar-refractivity contribution in [2.75, 3.05) is 46.9 Å². The van der Waals surface area contributed by atoms with Crippen molar-refractivity contribution in [3.8, 4) is 11.5 Å². The Labute approximate surface area is 289 Å². The Hall–Kier alpha value is -3.91. The number of aliphatic hydroxyl groups is 1. The average molecular weight is 701 g/mol. The van der Waals surface area contributed by atoms with Crippen LogP contribution in [0, 0.1) is 18.6 Å². The molecule has 4 atom stereocenters. The van der Waals surface area contributed by atoms with Crippen LogP contribution in [0.15, 0.2) is 59.5 Å². The summed E-state index contributed by atoms with van der Waals surface area (Å²) in [5.74, 6) is -1.39. The zero-order valence-electron chi connectivity index (χ0n) is 28.6. The summed E-state index contributed by atoms with van der Waals surface area (Å²) in [5.41, 5.74) is 1.53. The lowest BCUT2D eigenvalue weighted by Gasteiger charge is -2.38. The van der Waals surface area contributed by atoms with Crippen LogP contribution < -0.4 is 20.1 Å². The molecule has 10 nitrogen and oxygen atoms in total. The summed E-state index contributed by atoms with van der Waals surface area (Å²) in [6.45, 7) is 7.88. The average Bonchev–Trinajstić information content (AvgIpc) is 3.09. The van der Waals surface area contributed by atoms with Crippen molar-refractivity contribution in [2.24, 2.45) is 0 Å². The Bertz CT molecular complexity index is 1620. The highest BCUT2D eigenvalue weighted by Gasteiger charge is 2.35. The van der Waals surface area contributed by atoms with E-state index in [4.69, 9.17) is 9.47 Å². The Balaban J connectivity index is 1.59. The van der Waals surface area contributed by atoms with E-state index in [1.54, 1.807) is 46.5 Å². The van der Waals surface area contributed by atoms with Crippen molar-refractivity contribution in [2.45, 2.75) is 63.1 Å². The summed E-state index contributed by atoms with van der Waals surface area (Å²) in [5, 5.41) is 17.9. The van der Waals surface area contributed by atoms with E-state index in [-0.39, 0.29) is 30.0 Å². The number of nitrogens with zero attached hydrogens (tertiary/aromatic N) is 2. The number of halogens is 2. The summed E-state index contributed by atoms with van der Waals surface area (Å²) >= 11 is 0. The van der Waals surface area contributed by atoms with Crippen molar-refractivity contribution in [1.29, 1.82) is 0 Å². The van der Waals surface area contributed by atoms with Crippen molar-refractivity contribution in [3.05, 3.63) is 88.5 Å². The van der Waals surface area contributed by atoms with Gasteiger partial charge in [0.15, 0.2) is 11.5 Å². The van der Waals surface area contributed by atoms with Crippen LogP contribution in [-0.4, -0.2) is 95.5 Å². The summed E-state index contributed by atoms with van der Waals surface area (Å²) in [6, 6.07) is 11.3. The third-order valence-electron chi connectivity index (χ3n) is 8.34. The molecule has 1 heterocycles. The number of hydrogen-bond acceptors (Lipinski definition) is 7. The Kier molecular flexibility index (Phi) is 13.7. The molecule has 0 aliphatic carbocycles. The predicted molar refractivity (Wildman–Crippen MR) is 184 cm³/mol. The van der Waals surface area contributed by atoms with E-state index in [2.05, 4.69) is 10.6 Å². The molecule has 49 heavy (non-hydrogen) atoms. The fourth-order valence-electron chi connectivity index (χ4n) is 6.05. The highest BCUT2D eigenvalue weighted by molar-refractivity contribution is 7.82. The van der Waals surface area contributed by atoms with Crippen molar-refractivity contribution >= 4 is 22.8 Å². The predicted octanol–water partition coefficient (Wildman–Crippen LogP) is 4.25. The minimum absolute atomic E-state index is 0.100. The van der Waals surface area contributed by atoms with E-state index in [1.807, 2.05) is 13.8 Å². The first-order valence-electron chi connectivity index (χ1n) is 16.4. The van der Waals surface area contributed by atoms with Crippen LogP contribution in [0.2, 0.25) is 0 Å². The van der Waals surface area contributed by atoms with Crippen LogP contribution in [-0.2, 0) is 17.4 Å². The highest BCUT2D eigenvalue weighted by atomic mass is 32.2. The number of aryl methyl sites for hydroxylation is 1. The van der Waals surface area contributed by atoms with Crippen LogP contribution in [0.1, 0.15) is 58.5 Å². The quantitative estimate of drug-likeness (QED) is 0.217. The van der Waals surface area contributed by atoms with Crippen LogP contribution in [0.4, 0.5) is 8.78 Å². The molecule has 1 saturated heterocycles. The standard InChI is InChI=1S/C36H46F2N4O6S/c1-6-11-41(12-7-2)36(45)26-15-23(3)14-25(19-26)35(44)40-30(18-24-16-27(37)20-28(38)17-24)34(43)31-22-42(13-10-39-31)49(46)29-8-9-32(47-4)33(21-29)48-5/h8-9,14-17,19-21,30-31,34,39,43H,6-7,10-13,18,22H2,1-5H3,(H,40,44)/t30-,31+,34-,49?/m0/s1. The molecular formula is C36H46F2N4O6S. The van der Waals surface area contributed by atoms with Gasteiger partial charge in [-0.05, 0) is 79.8 Å². The first-order chi connectivity index (χ1) is 23.5. The van der Waals surface area contributed by atoms with Gasteiger partial charge < -0.3 is 30.1 Å². The third kappa shape index (κ3) is 9.84. The van der Waals surface area contributed by atoms with Crippen LogP contribution in [0.5, 0.6) is 11.5 Å². The normalized spacial score (nSPS) is 16.8. The molecular weight excluding hydrogens is 654 g/mol. The van der Waals surface area contributed by atoms with Gasteiger partial charge in [-0.2, -0.15) is 0 Å². The number of carbonyl (C=O) groups excluding carboxylic acids is 2. The number of benzene rings is 3. The number of ether oxygens (including phenoxy) is 2. The van der Waals surface area contributed by atoms with Crippen LogP contribution >= 0.6 is 0 Å². The van der Waals surface area contributed by atoms with Gasteiger partial charge in [0.2, 0.25) is 0 Å². The van der Waals surface area contributed by atoms with E-state index >= 15 is 0 Å². The zero-order valence-corrected chi connectivity index (χ0v) is 29.4. The van der Waals surface area contributed by atoms with Crippen molar-refractivity contribution in [3.63, 3.8) is 0 Å². The summed E-state index contributed by atoms with van der Waals surface area (Å²) in [7, 11) is 1.38. The van der Waals surface area contributed by atoms with Crippen molar-refractivity contribution in [1.82, 2.24) is 19.8 Å². The number of nitrogens with one attached hydrogen (secondary N) is 2. The minimum Gasteiger partial charge on any atom is -0.493 e. The molecule has 0 aromatic heterocycles. The second-order valence-electron chi connectivity index (χ2n) is 12.1. The number of methoxy groups -OCH3 is 2. The first-order valence-corrected chi connectivity index (χ1v) is 17.6. The molecule has 1 fully saturated rings. The number of rotatable bonds is 15. The van der Waals surface area contributed by atoms with Gasteiger partial charge in [-0.15, -0.1) is 0 Å². The van der Waals surface area contributed by atoms with Gasteiger partial charge in [-0.1, -0.05) is 13.8 Å². The maximum absolute atomic E-state index is 14.2. The second-order valence-corrected chi connectivity index (χ2v) is 13.6. The number of carbonyl (C=O) groups is 2. The lowest BCUT2D eigenvalue weighted by atomic mass is 9.94. The number of hydrogen-bond donors (Lipinski definition) is 3. The maximum atomic E-state index is 14.2. The van der Waals surface area contributed by atoms with Gasteiger partial charge in [0.05, 0.1) is 31.3 Å². The molecule has 3 aromatic carbocycles. The molecule has 1 aliphatic rings. The van der Waals surface area contributed by atoms with Gasteiger partial charge in [-0.3, -0.25) is 9.59 Å². The third-order valence-corrected chi connectivity index (χ3v) is 9.80. The Morgan fingerprint density at radius 2 is 1.65 bits per heavy atom. The smallest absolute Gasteiger partial charge is 0.253 e. The fraction of sp³-hybridized carbons (Fsp3) is 0.444. The molecule has 0 saturated carbocycles. The minimum atomic E-state index is -1.62. The maximum Gasteiger partial charge on any atom is 0.253 e. The molecule has 4 rings (SSSR count). The lowest BCUT2D eigenvalue weighted by molar-refractivity contribution is 0.0605. The second kappa shape index (κ2) is 17.7. The zero-order chi connectivity index (χ0) is 35.7. The molecule has 0 radical (unpaired) electrons. The Morgan fingerprint density at radius 1 is 1.00 bits per heavy atom. The van der Waals surface area contributed by atoms with E-state index in [9.17, 15) is 27.7 Å².